The zero-order chi connectivity index (χ0) is 24.7. The summed E-state index contributed by atoms with van der Waals surface area (Å²) in [5.74, 6) is 0. The molecule has 0 N–H and O–H groups in total. The number of nitrogens with zero attached hydrogens (tertiary/aromatic N) is 2. The fourth-order valence-electron chi connectivity index (χ4n) is 5.35. The third kappa shape index (κ3) is 6.37. The lowest BCUT2D eigenvalue weighted by Gasteiger charge is -2.46. The van der Waals surface area contributed by atoms with Crippen LogP contribution in [0.3, 0.4) is 0 Å². The minimum atomic E-state index is -1.45. The second kappa shape index (κ2) is 9.12. The van der Waals surface area contributed by atoms with Crippen molar-refractivity contribution in [3.05, 3.63) is 66.2 Å². The van der Waals surface area contributed by atoms with E-state index in [9.17, 15) is 0 Å². The Bertz CT molecular complexity index is 817. The van der Waals surface area contributed by atoms with Gasteiger partial charge in [0.25, 0.3) is 0 Å². The molecule has 0 saturated heterocycles. The monoisotopic (exact) mass is 498 g/mol. The molecule has 0 bridgehead atoms. The van der Waals surface area contributed by atoms with Crippen molar-refractivity contribution in [3.8, 4) is 0 Å². The number of benzene rings is 2. The van der Waals surface area contributed by atoms with Crippen LogP contribution in [0.25, 0.3) is 5.57 Å². The van der Waals surface area contributed by atoms with Crippen molar-refractivity contribution in [1.29, 1.82) is 0 Å². The highest BCUT2D eigenvalue weighted by Crippen LogP contribution is 2.33. The summed E-state index contributed by atoms with van der Waals surface area (Å²) < 4.78 is 5.53. The predicted molar refractivity (Wildman–Crippen MR) is 159 cm³/mol. The summed E-state index contributed by atoms with van der Waals surface area (Å²) in [6.45, 7) is 33.8. The van der Waals surface area contributed by atoms with Crippen LogP contribution in [0.5, 0.6) is 0 Å². The molecular formula is C26H46N2Si4. The summed E-state index contributed by atoms with van der Waals surface area (Å²) in [5.41, 5.74) is 6.26. The molecule has 2 rings (SSSR count). The van der Waals surface area contributed by atoms with Crippen LogP contribution in [-0.2, 0) is 0 Å². The highest BCUT2D eigenvalue weighted by Gasteiger charge is 2.35. The topological polar surface area (TPSA) is 6.48 Å². The molecule has 0 radical (unpaired) electrons. The van der Waals surface area contributed by atoms with Gasteiger partial charge in [-0.1, -0.05) is 109 Å². The average Bonchev–Trinajstić information content (AvgIpc) is 2.57. The van der Waals surface area contributed by atoms with Crippen molar-refractivity contribution in [3.63, 3.8) is 0 Å². The van der Waals surface area contributed by atoms with Gasteiger partial charge in [0.15, 0.2) is 0 Å². The Morgan fingerprint density at radius 3 is 0.875 bits per heavy atom. The number of anilines is 2. The molecule has 0 aliphatic carbocycles. The van der Waals surface area contributed by atoms with E-state index in [1.54, 1.807) is 0 Å². The molecule has 0 aliphatic rings. The Kier molecular flexibility index (Phi) is 7.67. The summed E-state index contributed by atoms with van der Waals surface area (Å²) >= 11 is 0. The van der Waals surface area contributed by atoms with Gasteiger partial charge in [-0.3, -0.25) is 0 Å². The van der Waals surface area contributed by atoms with Crippen molar-refractivity contribution in [2.45, 2.75) is 78.6 Å². The molecule has 0 spiro atoms. The van der Waals surface area contributed by atoms with Crippen LogP contribution in [0.4, 0.5) is 11.4 Å². The Labute approximate surface area is 202 Å². The van der Waals surface area contributed by atoms with Crippen molar-refractivity contribution in [2.75, 3.05) is 8.46 Å². The van der Waals surface area contributed by atoms with Gasteiger partial charge < -0.3 is 8.46 Å². The first kappa shape index (κ1) is 26.9. The van der Waals surface area contributed by atoms with E-state index in [4.69, 9.17) is 0 Å². The Morgan fingerprint density at radius 1 is 0.469 bits per heavy atom. The molecule has 0 atom stereocenters. The first-order valence-electron chi connectivity index (χ1n) is 11.8. The quantitative estimate of drug-likeness (QED) is 0.336. The first-order valence-corrected chi connectivity index (χ1v) is 25.6. The van der Waals surface area contributed by atoms with Crippen LogP contribution in [-0.4, -0.2) is 32.9 Å². The first-order chi connectivity index (χ1) is 14.3. The van der Waals surface area contributed by atoms with Crippen molar-refractivity contribution in [2.24, 2.45) is 0 Å². The minimum absolute atomic E-state index is 1.10. The normalized spacial score (nSPS) is 13.1. The van der Waals surface area contributed by atoms with E-state index in [2.05, 4.69) is 142 Å². The maximum atomic E-state index is 4.45. The maximum Gasteiger partial charge on any atom is 0.138 e. The third-order valence-electron chi connectivity index (χ3n) is 5.63. The summed E-state index contributed by atoms with van der Waals surface area (Å²) in [5, 5.41) is 0. The van der Waals surface area contributed by atoms with Crippen LogP contribution in [0, 0.1) is 0 Å². The van der Waals surface area contributed by atoms with Crippen LogP contribution < -0.4 is 8.46 Å². The standard InChI is InChI=1S/C26H46N2Si4/c1-22(23-14-18-25(19-15-23)27(29(2,3)4)30(5,6)7)24-16-20-26(21-17-24)28(31(8,9)10)32(11,12)13/h14-21H,1H2,2-13H3. The zero-order valence-electron chi connectivity index (χ0n) is 22.7. The van der Waals surface area contributed by atoms with E-state index in [1.165, 1.54) is 22.5 Å². The molecule has 176 valence electrons. The lowest BCUT2D eigenvalue weighted by atomic mass is 9.99. The van der Waals surface area contributed by atoms with Crippen LogP contribution in [0.1, 0.15) is 11.1 Å². The lowest BCUT2D eigenvalue weighted by molar-refractivity contribution is 1.35. The van der Waals surface area contributed by atoms with E-state index < -0.39 is 32.9 Å². The van der Waals surface area contributed by atoms with Gasteiger partial charge in [0.1, 0.15) is 32.9 Å². The number of rotatable bonds is 8. The SMILES string of the molecule is C=C(c1ccc(N([Si](C)(C)C)[Si](C)(C)C)cc1)c1ccc(N([Si](C)(C)C)[Si](C)(C)C)cc1. The van der Waals surface area contributed by atoms with Gasteiger partial charge in [0.2, 0.25) is 0 Å². The molecule has 0 amide bonds. The molecule has 2 nitrogen and oxygen atoms in total. The smallest absolute Gasteiger partial charge is 0.138 e. The highest BCUT2D eigenvalue weighted by atomic mass is 28.4. The van der Waals surface area contributed by atoms with E-state index in [-0.39, 0.29) is 0 Å². The molecule has 0 fully saturated rings. The van der Waals surface area contributed by atoms with E-state index in [0.29, 0.717) is 0 Å². The molecule has 2 aromatic carbocycles. The van der Waals surface area contributed by atoms with Gasteiger partial charge in [-0.05, 0) is 41.0 Å². The lowest BCUT2D eigenvalue weighted by Crippen LogP contribution is -2.59. The van der Waals surface area contributed by atoms with E-state index in [1.807, 2.05) is 0 Å². The summed E-state index contributed by atoms with van der Waals surface area (Å²) in [6, 6.07) is 18.3. The van der Waals surface area contributed by atoms with E-state index >= 15 is 0 Å². The number of hydrogen-bond acceptors (Lipinski definition) is 2. The van der Waals surface area contributed by atoms with Crippen molar-refractivity contribution < 1.29 is 0 Å². The Balaban J connectivity index is 2.33. The highest BCUT2D eigenvalue weighted by molar-refractivity contribution is 6.99. The minimum Gasteiger partial charge on any atom is -0.425 e. The fraction of sp³-hybridized carbons (Fsp3) is 0.462. The van der Waals surface area contributed by atoms with Gasteiger partial charge in [-0.15, -0.1) is 0 Å². The molecule has 2 aromatic rings. The molecule has 32 heavy (non-hydrogen) atoms. The van der Waals surface area contributed by atoms with Crippen molar-refractivity contribution >= 4 is 49.9 Å². The van der Waals surface area contributed by atoms with Gasteiger partial charge >= 0.3 is 0 Å². The van der Waals surface area contributed by atoms with Crippen LogP contribution in [0.2, 0.25) is 78.6 Å². The molecule has 6 heteroatoms. The zero-order valence-corrected chi connectivity index (χ0v) is 26.7. The van der Waals surface area contributed by atoms with E-state index in [0.717, 1.165) is 5.57 Å². The van der Waals surface area contributed by atoms with Gasteiger partial charge in [-0.25, -0.2) is 0 Å². The number of hydrogen-bond donors (Lipinski definition) is 0. The second-order valence-electron chi connectivity index (χ2n) is 12.9. The summed E-state index contributed by atoms with van der Waals surface area (Å²) in [7, 11) is -5.78. The third-order valence-corrected chi connectivity index (χ3v) is 20.1. The molecule has 0 aromatic heterocycles. The Hall–Kier alpha value is -1.35. The maximum absolute atomic E-state index is 4.45. The molecule has 0 aliphatic heterocycles. The molecular weight excluding hydrogens is 453 g/mol. The predicted octanol–water partition coefficient (Wildman–Crippen LogP) is 8.70. The summed E-state index contributed by atoms with van der Waals surface area (Å²) in [6.07, 6.45) is 0. The van der Waals surface area contributed by atoms with Gasteiger partial charge in [0, 0.05) is 11.4 Å². The van der Waals surface area contributed by atoms with Gasteiger partial charge in [0.05, 0.1) is 0 Å². The largest absolute Gasteiger partial charge is 0.425 e. The van der Waals surface area contributed by atoms with Crippen LogP contribution >= 0.6 is 0 Å². The fourth-order valence-corrected chi connectivity index (χ4v) is 25.1. The van der Waals surface area contributed by atoms with Crippen LogP contribution in [0.15, 0.2) is 55.1 Å². The molecule has 0 saturated carbocycles. The summed E-state index contributed by atoms with van der Waals surface area (Å²) in [4.78, 5) is 0. The molecule has 0 heterocycles. The Morgan fingerprint density at radius 2 is 0.688 bits per heavy atom. The average molecular weight is 499 g/mol. The van der Waals surface area contributed by atoms with Gasteiger partial charge in [-0.2, -0.15) is 0 Å². The molecule has 0 unspecified atom stereocenters. The second-order valence-corrected chi connectivity index (χ2v) is 33.0. The van der Waals surface area contributed by atoms with Crippen molar-refractivity contribution in [1.82, 2.24) is 0 Å².